The second-order valence-electron chi connectivity index (χ2n) is 7.94. The Bertz CT molecular complexity index is 1150. The van der Waals surface area contributed by atoms with Crippen molar-refractivity contribution in [3.05, 3.63) is 76.2 Å². The number of carbonyl (C=O) groups is 2. The first-order valence-corrected chi connectivity index (χ1v) is 10.0. The molecule has 0 atom stereocenters. The zero-order valence-corrected chi connectivity index (χ0v) is 18.0. The van der Waals surface area contributed by atoms with Crippen molar-refractivity contribution >= 4 is 28.3 Å². The number of fused-ring (bicyclic) bond motifs is 1. The Morgan fingerprint density at radius 2 is 1.60 bits per heavy atom. The van der Waals surface area contributed by atoms with Crippen molar-refractivity contribution in [2.45, 2.75) is 39.8 Å². The van der Waals surface area contributed by atoms with Crippen LogP contribution in [0.3, 0.4) is 0 Å². The summed E-state index contributed by atoms with van der Waals surface area (Å²) in [6.07, 6.45) is 1.51. The molecule has 0 saturated heterocycles. The molecule has 0 spiro atoms. The maximum atomic E-state index is 13.1. The van der Waals surface area contributed by atoms with Crippen LogP contribution in [0.15, 0.2) is 59.5 Å². The summed E-state index contributed by atoms with van der Waals surface area (Å²) in [5.41, 5.74) is 0.528. The predicted molar refractivity (Wildman–Crippen MR) is 120 cm³/mol. The predicted octanol–water partition coefficient (Wildman–Crippen LogP) is 4.05. The Balaban J connectivity index is 1.99. The molecule has 0 bridgehead atoms. The lowest BCUT2D eigenvalue weighted by Gasteiger charge is -2.31. The molecule has 0 aliphatic heterocycles. The van der Waals surface area contributed by atoms with E-state index >= 15 is 0 Å². The molecular weight excluding hydrogens is 378 g/mol. The van der Waals surface area contributed by atoms with Gasteiger partial charge in [0.1, 0.15) is 5.69 Å². The van der Waals surface area contributed by atoms with Crippen LogP contribution in [0.1, 0.15) is 48.4 Å². The van der Waals surface area contributed by atoms with Crippen LogP contribution in [0, 0.1) is 0 Å². The van der Waals surface area contributed by atoms with Crippen LogP contribution < -0.4 is 10.9 Å². The molecule has 0 saturated carbocycles. The highest BCUT2D eigenvalue weighted by atomic mass is 16.2. The van der Waals surface area contributed by atoms with E-state index in [1.807, 2.05) is 58.0 Å². The number of hydrogen-bond acceptors (Lipinski definition) is 3. The first-order chi connectivity index (χ1) is 14.2. The minimum absolute atomic E-state index is 0.00320. The fourth-order valence-corrected chi connectivity index (χ4v) is 3.75. The molecule has 30 heavy (non-hydrogen) atoms. The van der Waals surface area contributed by atoms with Gasteiger partial charge in [-0.15, -0.1) is 0 Å². The van der Waals surface area contributed by atoms with Gasteiger partial charge in [0.2, 0.25) is 0 Å². The number of aromatic nitrogens is 1. The van der Waals surface area contributed by atoms with E-state index in [2.05, 4.69) is 5.32 Å². The average molecular weight is 405 g/mol. The molecule has 2 aromatic carbocycles. The Hall–Kier alpha value is -3.41. The standard InChI is InChI=1S/C24H27N3O3/c1-15(2)27(16(3)4)23(29)18-13-21(24(30)26(5)14-18)25-22(28)20-12-8-10-17-9-6-7-11-19(17)20/h6-16H,1-5H3,(H,25,28). The Morgan fingerprint density at radius 3 is 2.27 bits per heavy atom. The van der Waals surface area contributed by atoms with Crippen LogP contribution in [0.2, 0.25) is 0 Å². The molecule has 0 aliphatic carbocycles. The van der Waals surface area contributed by atoms with Gasteiger partial charge in [0, 0.05) is 30.9 Å². The van der Waals surface area contributed by atoms with E-state index in [0.717, 1.165) is 10.8 Å². The van der Waals surface area contributed by atoms with Crippen LogP contribution in [0.25, 0.3) is 10.8 Å². The molecule has 0 aliphatic rings. The van der Waals surface area contributed by atoms with Gasteiger partial charge in [0.05, 0.1) is 5.56 Å². The van der Waals surface area contributed by atoms with Gasteiger partial charge >= 0.3 is 0 Å². The van der Waals surface area contributed by atoms with E-state index in [0.29, 0.717) is 11.1 Å². The van der Waals surface area contributed by atoms with E-state index < -0.39 is 5.91 Å². The number of nitrogens with zero attached hydrogens (tertiary/aromatic N) is 2. The van der Waals surface area contributed by atoms with Gasteiger partial charge in [-0.1, -0.05) is 36.4 Å². The monoisotopic (exact) mass is 405 g/mol. The average Bonchev–Trinajstić information content (AvgIpc) is 2.70. The van der Waals surface area contributed by atoms with Crippen LogP contribution in [-0.2, 0) is 7.05 Å². The lowest BCUT2D eigenvalue weighted by atomic mass is 10.0. The lowest BCUT2D eigenvalue weighted by molar-refractivity contribution is 0.0642. The molecule has 6 heteroatoms. The summed E-state index contributed by atoms with van der Waals surface area (Å²) in [5.74, 6) is -0.575. The number of anilines is 1. The SMILES string of the molecule is CC(C)N(C(=O)c1cc(NC(=O)c2cccc3ccccc23)c(=O)n(C)c1)C(C)C. The molecule has 2 amide bonds. The van der Waals surface area contributed by atoms with Gasteiger partial charge in [0.15, 0.2) is 0 Å². The second-order valence-corrected chi connectivity index (χ2v) is 7.94. The van der Waals surface area contributed by atoms with Crippen LogP contribution in [0.4, 0.5) is 5.69 Å². The Morgan fingerprint density at radius 1 is 0.967 bits per heavy atom. The molecule has 3 rings (SSSR count). The number of hydrogen-bond donors (Lipinski definition) is 1. The van der Waals surface area contributed by atoms with Gasteiger partial charge in [-0.25, -0.2) is 0 Å². The van der Waals surface area contributed by atoms with E-state index in [-0.39, 0.29) is 29.2 Å². The highest BCUT2D eigenvalue weighted by Crippen LogP contribution is 2.20. The van der Waals surface area contributed by atoms with Crippen molar-refractivity contribution in [3.63, 3.8) is 0 Å². The maximum Gasteiger partial charge on any atom is 0.274 e. The number of nitrogens with one attached hydrogen (secondary N) is 1. The number of aryl methyl sites for hydroxylation is 1. The molecule has 1 N–H and O–H groups in total. The van der Waals surface area contributed by atoms with Crippen molar-refractivity contribution in [1.29, 1.82) is 0 Å². The third kappa shape index (κ3) is 4.13. The van der Waals surface area contributed by atoms with Crippen LogP contribution in [-0.4, -0.2) is 33.4 Å². The largest absolute Gasteiger partial charge is 0.334 e. The summed E-state index contributed by atoms with van der Waals surface area (Å²) in [6, 6.07) is 14.5. The van der Waals surface area contributed by atoms with Crippen LogP contribution in [0.5, 0.6) is 0 Å². The molecular formula is C24H27N3O3. The first kappa shape index (κ1) is 21.3. The molecule has 0 fully saturated rings. The van der Waals surface area contributed by atoms with E-state index in [9.17, 15) is 14.4 Å². The van der Waals surface area contributed by atoms with E-state index in [4.69, 9.17) is 0 Å². The molecule has 156 valence electrons. The Kier molecular flexibility index (Phi) is 6.06. The molecule has 0 unspecified atom stereocenters. The van der Waals surface area contributed by atoms with Crippen LogP contribution >= 0.6 is 0 Å². The van der Waals surface area contributed by atoms with Crippen molar-refractivity contribution in [1.82, 2.24) is 9.47 Å². The number of benzene rings is 2. The normalized spacial score (nSPS) is 11.2. The van der Waals surface area contributed by atoms with E-state index in [1.165, 1.54) is 16.8 Å². The van der Waals surface area contributed by atoms with Crippen molar-refractivity contribution in [3.8, 4) is 0 Å². The zero-order valence-electron chi connectivity index (χ0n) is 18.0. The second kappa shape index (κ2) is 8.53. The van der Waals surface area contributed by atoms with Gasteiger partial charge in [-0.2, -0.15) is 0 Å². The van der Waals surface area contributed by atoms with Gasteiger partial charge < -0.3 is 14.8 Å². The zero-order chi connectivity index (χ0) is 22.0. The van der Waals surface area contributed by atoms with Crippen molar-refractivity contribution in [2.75, 3.05) is 5.32 Å². The minimum atomic E-state index is -0.391. The summed E-state index contributed by atoms with van der Waals surface area (Å²) >= 11 is 0. The summed E-state index contributed by atoms with van der Waals surface area (Å²) in [4.78, 5) is 40.4. The molecule has 6 nitrogen and oxygen atoms in total. The summed E-state index contributed by atoms with van der Waals surface area (Å²) < 4.78 is 1.32. The third-order valence-corrected chi connectivity index (χ3v) is 5.06. The quantitative estimate of drug-likeness (QED) is 0.696. The number of pyridine rings is 1. The van der Waals surface area contributed by atoms with Gasteiger partial charge in [0.25, 0.3) is 17.4 Å². The topological polar surface area (TPSA) is 71.4 Å². The Labute approximate surface area is 176 Å². The smallest absolute Gasteiger partial charge is 0.274 e. The molecule has 1 heterocycles. The van der Waals surface area contributed by atoms with Gasteiger partial charge in [-0.05, 0) is 50.6 Å². The summed E-state index contributed by atoms with van der Waals surface area (Å²) in [6.45, 7) is 7.79. The number of carbonyl (C=O) groups excluding carboxylic acids is 2. The highest BCUT2D eigenvalue weighted by molar-refractivity contribution is 6.13. The minimum Gasteiger partial charge on any atom is -0.334 e. The van der Waals surface area contributed by atoms with Gasteiger partial charge in [-0.3, -0.25) is 14.4 Å². The lowest BCUT2D eigenvalue weighted by Crippen LogP contribution is -2.42. The number of rotatable bonds is 5. The van der Waals surface area contributed by atoms with Crippen molar-refractivity contribution in [2.24, 2.45) is 7.05 Å². The summed E-state index contributed by atoms with van der Waals surface area (Å²) in [5, 5.41) is 4.44. The highest BCUT2D eigenvalue weighted by Gasteiger charge is 2.23. The maximum absolute atomic E-state index is 13.1. The fraction of sp³-hybridized carbons (Fsp3) is 0.292. The molecule has 0 radical (unpaired) electrons. The van der Waals surface area contributed by atoms with Crippen molar-refractivity contribution < 1.29 is 9.59 Å². The summed E-state index contributed by atoms with van der Waals surface area (Å²) in [7, 11) is 1.57. The number of amides is 2. The fourth-order valence-electron chi connectivity index (χ4n) is 3.75. The van der Waals surface area contributed by atoms with E-state index in [1.54, 1.807) is 24.1 Å². The molecule has 3 aromatic rings. The molecule has 1 aromatic heterocycles. The first-order valence-electron chi connectivity index (χ1n) is 10.0. The third-order valence-electron chi connectivity index (χ3n) is 5.06.